The number of ether oxygens (including phenoxy) is 3. The highest BCUT2D eigenvalue weighted by molar-refractivity contribution is 5.95. The number of methoxy groups -OCH3 is 2. The zero-order valence-corrected chi connectivity index (χ0v) is 23.8. The third kappa shape index (κ3) is 7.45. The monoisotopic (exact) mass is 553 g/mol. The van der Waals surface area contributed by atoms with Crippen molar-refractivity contribution in [1.29, 1.82) is 0 Å². The molecule has 0 saturated carbocycles. The molecule has 0 atom stereocenters. The normalized spacial score (nSPS) is 10.6. The largest absolute Gasteiger partial charge is 0.496 e. The minimum absolute atomic E-state index is 0.105. The van der Waals surface area contributed by atoms with E-state index in [0.717, 1.165) is 29.5 Å². The van der Waals surface area contributed by atoms with Crippen molar-refractivity contribution >= 4 is 11.9 Å². The molecule has 0 heterocycles. The molecular weight excluding hydrogens is 518 g/mol. The number of hydrogen-bond acceptors (Lipinski definition) is 5. The van der Waals surface area contributed by atoms with Crippen LogP contribution in [0.1, 0.15) is 49.4 Å². The Labute approximate surface area is 240 Å². The van der Waals surface area contributed by atoms with Crippen LogP contribution in [-0.4, -0.2) is 42.6 Å². The van der Waals surface area contributed by atoms with Crippen molar-refractivity contribution in [1.82, 2.24) is 4.90 Å². The SMILES string of the molecule is COc1cc(C(=O)N(CCCc2ccccc2)Cc2ccc(Oc3ccc(C)cc3C(=O)O)cc2)cc(OC)c1C. The number of hydrogen-bond donors (Lipinski definition) is 1. The molecule has 0 aliphatic heterocycles. The molecule has 0 saturated heterocycles. The highest BCUT2D eigenvalue weighted by Gasteiger charge is 2.20. The maximum atomic E-state index is 13.8. The number of aryl methyl sites for hydroxylation is 2. The van der Waals surface area contributed by atoms with E-state index in [-0.39, 0.29) is 17.2 Å². The molecule has 0 aliphatic rings. The Bertz CT molecular complexity index is 1470. The number of aromatic carboxylic acids is 1. The van der Waals surface area contributed by atoms with Gasteiger partial charge in [0.25, 0.3) is 5.91 Å². The molecule has 0 spiro atoms. The predicted molar refractivity (Wildman–Crippen MR) is 158 cm³/mol. The third-order valence-electron chi connectivity index (χ3n) is 6.91. The molecule has 7 nitrogen and oxygen atoms in total. The zero-order chi connectivity index (χ0) is 29.4. The van der Waals surface area contributed by atoms with Gasteiger partial charge in [0.1, 0.15) is 28.6 Å². The topological polar surface area (TPSA) is 85.3 Å². The van der Waals surface area contributed by atoms with E-state index in [2.05, 4.69) is 12.1 Å². The Kier molecular flexibility index (Phi) is 9.64. The molecule has 0 bridgehead atoms. The first-order valence-corrected chi connectivity index (χ1v) is 13.5. The lowest BCUT2D eigenvalue weighted by atomic mass is 10.1. The van der Waals surface area contributed by atoms with Crippen molar-refractivity contribution in [2.45, 2.75) is 33.2 Å². The smallest absolute Gasteiger partial charge is 0.339 e. The van der Waals surface area contributed by atoms with E-state index in [1.54, 1.807) is 50.6 Å². The molecular formula is C34H35NO6. The van der Waals surface area contributed by atoms with Crippen LogP contribution in [-0.2, 0) is 13.0 Å². The number of benzene rings is 4. The van der Waals surface area contributed by atoms with Gasteiger partial charge in [-0.15, -0.1) is 0 Å². The maximum Gasteiger partial charge on any atom is 0.339 e. The molecule has 0 fully saturated rings. The second kappa shape index (κ2) is 13.5. The van der Waals surface area contributed by atoms with Gasteiger partial charge < -0.3 is 24.2 Å². The lowest BCUT2D eigenvalue weighted by molar-refractivity contribution is 0.0692. The highest BCUT2D eigenvalue weighted by Crippen LogP contribution is 2.31. The van der Waals surface area contributed by atoms with Gasteiger partial charge in [0.2, 0.25) is 0 Å². The van der Waals surface area contributed by atoms with Crippen LogP contribution in [0.2, 0.25) is 0 Å². The third-order valence-corrected chi connectivity index (χ3v) is 6.91. The minimum atomic E-state index is -1.05. The van der Waals surface area contributed by atoms with Crippen LogP contribution in [0.15, 0.2) is 84.9 Å². The summed E-state index contributed by atoms with van der Waals surface area (Å²) in [5.41, 5.74) is 4.40. The number of nitrogens with zero attached hydrogens (tertiary/aromatic N) is 1. The van der Waals surface area contributed by atoms with Gasteiger partial charge in [-0.2, -0.15) is 0 Å². The molecule has 0 aliphatic carbocycles. The van der Waals surface area contributed by atoms with Gasteiger partial charge in [0, 0.05) is 24.2 Å². The van der Waals surface area contributed by atoms with E-state index in [1.165, 1.54) is 5.56 Å². The molecule has 41 heavy (non-hydrogen) atoms. The van der Waals surface area contributed by atoms with Crippen LogP contribution in [0.25, 0.3) is 0 Å². The zero-order valence-electron chi connectivity index (χ0n) is 23.8. The summed E-state index contributed by atoms with van der Waals surface area (Å²) in [6.07, 6.45) is 1.64. The van der Waals surface area contributed by atoms with Gasteiger partial charge in [0.05, 0.1) is 14.2 Å². The molecule has 0 aromatic heterocycles. The van der Waals surface area contributed by atoms with E-state index >= 15 is 0 Å². The van der Waals surface area contributed by atoms with Crippen molar-refractivity contribution < 1.29 is 28.9 Å². The van der Waals surface area contributed by atoms with E-state index in [4.69, 9.17) is 14.2 Å². The van der Waals surface area contributed by atoms with Gasteiger partial charge >= 0.3 is 5.97 Å². The van der Waals surface area contributed by atoms with Crippen molar-refractivity contribution in [3.63, 3.8) is 0 Å². The minimum Gasteiger partial charge on any atom is -0.496 e. The molecule has 0 radical (unpaired) electrons. The number of carboxylic acid groups (broad SMARTS) is 1. The van der Waals surface area contributed by atoms with Crippen LogP contribution in [0.5, 0.6) is 23.0 Å². The highest BCUT2D eigenvalue weighted by atomic mass is 16.5. The summed E-state index contributed by atoms with van der Waals surface area (Å²) in [7, 11) is 3.15. The Morgan fingerprint density at radius 3 is 2.05 bits per heavy atom. The number of carboxylic acids is 1. The van der Waals surface area contributed by atoms with Crippen LogP contribution in [0.4, 0.5) is 0 Å². The summed E-state index contributed by atoms with van der Waals surface area (Å²) in [6.45, 7) is 4.66. The average Bonchev–Trinajstić information content (AvgIpc) is 2.98. The van der Waals surface area contributed by atoms with E-state index in [0.29, 0.717) is 35.9 Å². The summed E-state index contributed by atoms with van der Waals surface area (Å²) in [5, 5.41) is 9.55. The number of carbonyl (C=O) groups is 2. The average molecular weight is 554 g/mol. The van der Waals surface area contributed by atoms with Crippen LogP contribution >= 0.6 is 0 Å². The van der Waals surface area contributed by atoms with Gasteiger partial charge in [-0.1, -0.05) is 54.1 Å². The Hall–Kier alpha value is -4.78. The molecule has 1 N–H and O–H groups in total. The Morgan fingerprint density at radius 2 is 1.44 bits per heavy atom. The standard InChI is InChI=1S/C34H35NO6/c1-23-12-17-30(29(19-23)34(37)38)41-28-15-13-26(14-16-28)22-35(18-8-11-25-9-6-5-7-10-25)33(36)27-20-31(39-3)24(2)32(21-27)40-4/h5-7,9-10,12-17,19-21H,8,11,18,22H2,1-4H3,(H,37,38). The van der Waals surface area contributed by atoms with Gasteiger partial charge in [-0.25, -0.2) is 4.79 Å². The quantitative estimate of drug-likeness (QED) is 0.202. The number of carbonyl (C=O) groups excluding carboxylic acids is 1. The molecule has 212 valence electrons. The second-order valence-corrected chi connectivity index (χ2v) is 9.87. The van der Waals surface area contributed by atoms with Crippen molar-refractivity contribution in [2.75, 3.05) is 20.8 Å². The first-order chi connectivity index (χ1) is 19.8. The molecule has 0 unspecified atom stereocenters. The summed E-state index contributed by atoms with van der Waals surface area (Å²) < 4.78 is 16.9. The maximum absolute atomic E-state index is 13.8. The number of amides is 1. The molecule has 4 aromatic rings. The summed E-state index contributed by atoms with van der Waals surface area (Å²) in [4.78, 5) is 27.3. The first kappa shape index (κ1) is 29.2. The second-order valence-electron chi connectivity index (χ2n) is 9.87. The summed E-state index contributed by atoms with van der Waals surface area (Å²) in [6, 6.07) is 26.1. The molecule has 4 aromatic carbocycles. The predicted octanol–water partition coefficient (Wildman–Crippen LogP) is 7.09. The first-order valence-electron chi connectivity index (χ1n) is 13.5. The van der Waals surface area contributed by atoms with E-state index < -0.39 is 5.97 Å². The Balaban J connectivity index is 1.55. The van der Waals surface area contributed by atoms with Crippen molar-refractivity contribution in [2.24, 2.45) is 0 Å². The van der Waals surface area contributed by atoms with Crippen LogP contribution < -0.4 is 14.2 Å². The van der Waals surface area contributed by atoms with E-state index in [9.17, 15) is 14.7 Å². The molecule has 4 rings (SSSR count). The Morgan fingerprint density at radius 1 is 0.780 bits per heavy atom. The fourth-order valence-electron chi connectivity index (χ4n) is 4.67. The van der Waals surface area contributed by atoms with Gasteiger partial charge in [-0.3, -0.25) is 4.79 Å². The summed E-state index contributed by atoms with van der Waals surface area (Å²) >= 11 is 0. The van der Waals surface area contributed by atoms with Gasteiger partial charge in [-0.05, 0) is 74.2 Å². The fourth-order valence-corrected chi connectivity index (χ4v) is 4.67. The van der Waals surface area contributed by atoms with E-state index in [1.807, 2.05) is 55.1 Å². The molecule has 1 amide bonds. The van der Waals surface area contributed by atoms with Crippen molar-refractivity contribution in [3.8, 4) is 23.0 Å². The molecule has 7 heteroatoms. The lowest BCUT2D eigenvalue weighted by Crippen LogP contribution is -2.32. The van der Waals surface area contributed by atoms with Crippen molar-refractivity contribution in [3.05, 3.63) is 118 Å². The summed E-state index contributed by atoms with van der Waals surface area (Å²) in [5.74, 6) is 0.798. The van der Waals surface area contributed by atoms with Gasteiger partial charge in [0.15, 0.2) is 0 Å². The number of rotatable bonds is 12. The fraction of sp³-hybridized carbons (Fsp3) is 0.235. The van der Waals surface area contributed by atoms with Crippen LogP contribution in [0.3, 0.4) is 0 Å². The lowest BCUT2D eigenvalue weighted by Gasteiger charge is -2.24. The van der Waals surface area contributed by atoms with Crippen LogP contribution in [0, 0.1) is 13.8 Å².